The summed E-state index contributed by atoms with van der Waals surface area (Å²) in [4.78, 5) is 13.0. The second kappa shape index (κ2) is 13.5. The van der Waals surface area contributed by atoms with Gasteiger partial charge >= 0.3 is 5.97 Å². The van der Waals surface area contributed by atoms with Crippen molar-refractivity contribution in [1.82, 2.24) is 0 Å². The summed E-state index contributed by atoms with van der Waals surface area (Å²) in [5.74, 6) is 0.147. The van der Waals surface area contributed by atoms with Crippen LogP contribution in [0.3, 0.4) is 0 Å². The third-order valence-corrected chi connectivity index (χ3v) is 16.9. The topological polar surface area (TPSA) is 196 Å². The summed E-state index contributed by atoms with van der Waals surface area (Å²) >= 11 is 0. The number of ether oxygens (including phenoxy) is 4. The number of rotatable bonds is 6. The summed E-state index contributed by atoms with van der Waals surface area (Å²) in [6.07, 6.45) is -1.79. The van der Waals surface area contributed by atoms with E-state index in [1.54, 1.807) is 0 Å². The number of carboxylic acids is 1. The fourth-order valence-corrected chi connectivity index (χ4v) is 13.4. The van der Waals surface area contributed by atoms with E-state index in [-0.39, 0.29) is 45.7 Å². The Morgan fingerprint density at radius 1 is 0.811 bits per heavy atom. The molecule has 4 saturated carbocycles. The van der Waals surface area contributed by atoms with Gasteiger partial charge in [0.2, 0.25) is 0 Å². The van der Waals surface area contributed by atoms with Crippen molar-refractivity contribution in [3.8, 4) is 0 Å². The molecule has 0 unspecified atom stereocenters. The van der Waals surface area contributed by atoms with Crippen LogP contribution in [0.2, 0.25) is 0 Å². The first-order chi connectivity index (χ1) is 24.7. The lowest BCUT2D eigenvalue weighted by molar-refractivity contribution is -0.367. The number of allylic oxidation sites excluding steroid dienone is 2. The highest BCUT2D eigenvalue weighted by Gasteiger charge is 2.69. The first-order valence-corrected chi connectivity index (χ1v) is 20.2. The van der Waals surface area contributed by atoms with Gasteiger partial charge in [-0.05, 0) is 109 Å². The summed E-state index contributed by atoms with van der Waals surface area (Å²) in [6.45, 7) is 15.7. The Balaban J connectivity index is 1.13. The smallest absolute Gasteiger partial charge is 0.310 e. The number of aliphatic hydroxyl groups is 6. The average Bonchev–Trinajstić information content (AvgIpc) is 3.08. The Hall–Kier alpha value is -1.19. The number of hydrogen-bond acceptors (Lipinski definition) is 11. The van der Waals surface area contributed by atoms with E-state index < -0.39 is 73.3 Å². The predicted molar refractivity (Wildman–Crippen MR) is 192 cm³/mol. The van der Waals surface area contributed by atoms with Crippen LogP contribution in [-0.2, 0) is 23.7 Å². The Morgan fingerprint density at radius 2 is 1.51 bits per heavy atom. The zero-order valence-corrected chi connectivity index (χ0v) is 32.7. The predicted octanol–water partition coefficient (Wildman–Crippen LogP) is 3.52. The van der Waals surface area contributed by atoms with Crippen LogP contribution in [0.15, 0.2) is 11.6 Å². The fraction of sp³-hybridized carbons (Fsp3) is 0.927. The molecule has 0 aromatic carbocycles. The monoisotopic (exact) mass is 750 g/mol. The first kappa shape index (κ1) is 40.0. The van der Waals surface area contributed by atoms with E-state index >= 15 is 0 Å². The molecule has 17 atom stereocenters. The highest BCUT2D eigenvalue weighted by atomic mass is 16.8. The molecule has 12 nitrogen and oxygen atoms in total. The van der Waals surface area contributed by atoms with Gasteiger partial charge in [0.25, 0.3) is 0 Å². The molecule has 5 aliphatic carbocycles. The maximum atomic E-state index is 13.0. The van der Waals surface area contributed by atoms with Crippen molar-refractivity contribution in [2.45, 2.75) is 174 Å². The lowest BCUT2D eigenvalue weighted by Gasteiger charge is -2.71. The molecule has 2 heterocycles. The number of hydrogen-bond donors (Lipinski definition) is 7. The van der Waals surface area contributed by atoms with E-state index in [0.29, 0.717) is 11.8 Å². The molecule has 0 aromatic rings. The Kier molecular flexibility index (Phi) is 10.2. The number of aliphatic hydroxyl groups excluding tert-OH is 6. The molecule has 6 fully saturated rings. The zero-order valence-electron chi connectivity index (χ0n) is 32.7. The maximum Gasteiger partial charge on any atom is 0.310 e. The van der Waals surface area contributed by atoms with Gasteiger partial charge in [-0.15, -0.1) is 0 Å². The molecule has 7 rings (SSSR count). The molecule has 0 aromatic heterocycles. The Labute approximate surface area is 314 Å². The zero-order chi connectivity index (χ0) is 38.7. The standard InChI is InChI=1S/C41H66O12/c1-36(2)14-16-41(35(48)49)17-15-39(6)21(22(41)18-36)8-9-26-38(5)12-11-27(37(3,4)25(38)10-13-40(26,39)7)52-34-32(28(44)23(43)20-50-34)53-33-31(47)30(46)29(45)24(19-42)51-33/h8,22-34,42-47H,9-20H2,1-7H3,(H,48,49)/t22-,23-,24+,25-,26+,27-,28-,29+,30-,31+,32+,33-,34+,38-,39+,40+,41-/m0/s1. The van der Waals surface area contributed by atoms with Crippen LogP contribution in [0, 0.1) is 50.2 Å². The van der Waals surface area contributed by atoms with Gasteiger partial charge in [0.15, 0.2) is 12.6 Å². The number of carboxylic acid groups (broad SMARTS) is 1. The SMILES string of the molecule is CC1(C)CC[C@]2(C(=O)O)CC[C@]3(C)C(=CC[C@@H]4[C@@]5(C)CC[C@H](O[C@H]6OC[C@H](O)[C@H](O)[C@H]6O[C@@H]6O[C@H](CO)[C@@H](O)[C@H](O)[C@H]6O)C(C)(C)[C@@H]5CC[C@]43C)[C@@H]2C1. The van der Waals surface area contributed by atoms with E-state index in [2.05, 4.69) is 54.5 Å². The van der Waals surface area contributed by atoms with E-state index in [0.717, 1.165) is 64.2 Å². The van der Waals surface area contributed by atoms with Crippen LogP contribution >= 0.6 is 0 Å². The van der Waals surface area contributed by atoms with Crippen molar-refractivity contribution in [2.75, 3.05) is 13.2 Å². The molecule has 0 spiro atoms. The summed E-state index contributed by atoms with van der Waals surface area (Å²) in [5.41, 5.74) is 0.450. The van der Waals surface area contributed by atoms with Gasteiger partial charge in [0.1, 0.15) is 42.7 Å². The van der Waals surface area contributed by atoms with Crippen LogP contribution in [-0.4, -0.2) is 116 Å². The minimum atomic E-state index is -1.69. The summed E-state index contributed by atoms with van der Waals surface area (Å²) in [5, 5.41) is 73.3. The molecule has 2 aliphatic heterocycles. The van der Waals surface area contributed by atoms with Gasteiger partial charge in [0.05, 0.1) is 24.7 Å². The van der Waals surface area contributed by atoms with Crippen molar-refractivity contribution in [3.05, 3.63) is 11.6 Å². The van der Waals surface area contributed by atoms with Gasteiger partial charge in [0, 0.05) is 0 Å². The molecule has 2 saturated heterocycles. The van der Waals surface area contributed by atoms with Gasteiger partial charge in [-0.2, -0.15) is 0 Å². The van der Waals surface area contributed by atoms with E-state index in [1.165, 1.54) is 5.57 Å². The molecule has 0 bridgehead atoms. The molecule has 302 valence electrons. The normalized spacial score (nSPS) is 53.3. The summed E-state index contributed by atoms with van der Waals surface area (Å²) in [7, 11) is 0. The Morgan fingerprint density at radius 3 is 2.19 bits per heavy atom. The van der Waals surface area contributed by atoms with Gasteiger partial charge in [-0.25, -0.2) is 0 Å². The lowest BCUT2D eigenvalue weighted by Crippen LogP contribution is -2.66. The largest absolute Gasteiger partial charge is 0.481 e. The van der Waals surface area contributed by atoms with Crippen molar-refractivity contribution in [2.24, 2.45) is 50.2 Å². The molecular weight excluding hydrogens is 684 g/mol. The van der Waals surface area contributed by atoms with Crippen molar-refractivity contribution >= 4 is 5.97 Å². The number of fused-ring (bicyclic) bond motifs is 7. The minimum Gasteiger partial charge on any atom is -0.481 e. The number of carbonyl (C=O) groups is 1. The highest BCUT2D eigenvalue weighted by Crippen LogP contribution is 2.76. The van der Waals surface area contributed by atoms with Crippen molar-refractivity contribution < 1.29 is 59.5 Å². The van der Waals surface area contributed by atoms with Gasteiger partial charge in [-0.1, -0.05) is 60.1 Å². The second-order valence-corrected chi connectivity index (χ2v) is 20.2. The lowest BCUT2D eigenvalue weighted by atomic mass is 9.33. The second-order valence-electron chi connectivity index (χ2n) is 20.2. The van der Waals surface area contributed by atoms with Crippen LogP contribution in [0.25, 0.3) is 0 Å². The maximum absolute atomic E-state index is 13.0. The van der Waals surface area contributed by atoms with Gasteiger partial charge < -0.3 is 54.7 Å². The van der Waals surface area contributed by atoms with Crippen LogP contribution in [0.4, 0.5) is 0 Å². The molecule has 0 radical (unpaired) electrons. The molecule has 12 heteroatoms. The summed E-state index contributed by atoms with van der Waals surface area (Å²) in [6, 6.07) is 0. The van der Waals surface area contributed by atoms with Crippen LogP contribution in [0.5, 0.6) is 0 Å². The fourth-order valence-electron chi connectivity index (χ4n) is 13.4. The van der Waals surface area contributed by atoms with Crippen molar-refractivity contribution in [3.63, 3.8) is 0 Å². The minimum absolute atomic E-state index is 0.00935. The van der Waals surface area contributed by atoms with Crippen LogP contribution in [0.1, 0.15) is 113 Å². The Bertz CT molecular complexity index is 1430. The molecule has 0 amide bonds. The third-order valence-electron chi connectivity index (χ3n) is 16.9. The van der Waals surface area contributed by atoms with Crippen molar-refractivity contribution in [1.29, 1.82) is 0 Å². The average molecular weight is 751 g/mol. The first-order valence-electron chi connectivity index (χ1n) is 20.2. The van der Waals surface area contributed by atoms with E-state index in [4.69, 9.17) is 18.9 Å². The number of aliphatic carboxylic acids is 1. The summed E-state index contributed by atoms with van der Waals surface area (Å²) < 4.78 is 24.3. The van der Waals surface area contributed by atoms with E-state index in [9.17, 15) is 40.5 Å². The molecule has 7 N–H and O–H groups in total. The molecular formula is C41H66O12. The molecule has 7 aliphatic rings. The third kappa shape index (κ3) is 5.94. The van der Waals surface area contributed by atoms with Gasteiger partial charge in [-0.3, -0.25) is 4.79 Å². The van der Waals surface area contributed by atoms with Crippen LogP contribution < -0.4 is 0 Å². The van der Waals surface area contributed by atoms with E-state index in [1.807, 2.05) is 0 Å². The quantitative estimate of drug-likeness (QED) is 0.155. The highest BCUT2D eigenvalue weighted by molar-refractivity contribution is 5.76. The molecule has 53 heavy (non-hydrogen) atoms.